The molecule has 3 saturated heterocycles. The number of aliphatic hydroxyl groups is 1. The number of aliphatic hydroxyl groups excluding tert-OH is 1. The third-order valence-corrected chi connectivity index (χ3v) is 7.75. The van der Waals surface area contributed by atoms with E-state index >= 15 is 0 Å². The van der Waals surface area contributed by atoms with Crippen LogP contribution in [0.25, 0.3) is 0 Å². The predicted octanol–water partition coefficient (Wildman–Crippen LogP) is 2.52. The largest absolute Gasteiger partial charge is 0.394 e. The Morgan fingerprint density at radius 2 is 1.73 bits per heavy atom. The zero-order valence-electron chi connectivity index (χ0n) is 21.5. The Labute approximate surface area is 217 Å². The van der Waals surface area contributed by atoms with Crippen molar-refractivity contribution in [1.29, 1.82) is 0 Å². The van der Waals surface area contributed by atoms with E-state index in [0.29, 0.717) is 24.9 Å². The van der Waals surface area contributed by atoms with Gasteiger partial charge in [0.2, 0.25) is 17.7 Å². The van der Waals surface area contributed by atoms with Gasteiger partial charge in [-0.2, -0.15) is 0 Å². The number of hydrogen-bond donors (Lipinski definition) is 3. The Balaban J connectivity index is 1.52. The Morgan fingerprint density at radius 3 is 2.35 bits per heavy atom. The molecule has 0 saturated carbocycles. The average molecular weight is 506 g/mol. The van der Waals surface area contributed by atoms with Gasteiger partial charge in [0, 0.05) is 11.2 Å². The number of para-hydroxylation sites is 1. The van der Waals surface area contributed by atoms with Crippen LogP contribution in [-0.2, 0) is 25.5 Å². The molecule has 2 aromatic rings. The van der Waals surface area contributed by atoms with Crippen LogP contribution in [0.4, 0.5) is 5.69 Å². The maximum Gasteiger partial charge on any atom is 0.246 e. The second kappa shape index (κ2) is 9.58. The Hall–Kier alpha value is -3.23. The summed E-state index contributed by atoms with van der Waals surface area (Å²) in [6, 6.07) is 17.1. The summed E-state index contributed by atoms with van der Waals surface area (Å²) in [6.45, 7) is 5.35. The third kappa shape index (κ3) is 4.53. The van der Waals surface area contributed by atoms with E-state index in [2.05, 4.69) is 10.6 Å². The van der Waals surface area contributed by atoms with Gasteiger partial charge in [0.1, 0.15) is 11.6 Å². The number of benzene rings is 2. The van der Waals surface area contributed by atoms with Crippen LogP contribution in [0.5, 0.6) is 0 Å². The monoisotopic (exact) mass is 505 g/mol. The summed E-state index contributed by atoms with van der Waals surface area (Å²) in [7, 11) is 0. The van der Waals surface area contributed by atoms with Crippen molar-refractivity contribution in [3.63, 3.8) is 0 Å². The van der Waals surface area contributed by atoms with Gasteiger partial charge in [-0.05, 0) is 57.7 Å². The first kappa shape index (κ1) is 25.4. The molecule has 3 fully saturated rings. The van der Waals surface area contributed by atoms with Crippen LogP contribution < -0.4 is 10.6 Å². The molecule has 5 rings (SSSR count). The van der Waals surface area contributed by atoms with Crippen LogP contribution in [0.2, 0.25) is 0 Å². The van der Waals surface area contributed by atoms with Crippen molar-refractivity contribution < 1.29 is 24.2 Å². The number of amides is 3. The second-order valence-corrected chi connectivity index (χ2v) is 11.4. The van der Waals surface area contributed by atoms with E-state index < -0.39 is 41.2 Å². The van der Waals surface area contributed by atoms with Gasteiger partial charge in [-0.3, -0.25) is 14.4 Å². The highest BCUT2D eigenvalue weighted by Gasteiger charge is 2.75. The highest BCUT2D eigenvalue weighted by Crippen LogP contribution is 2.59. The van der Waals surface area contributed by atoms with Gasteiger partial charge in [-0.1, -0.05) is 48.5 Å². The standard InChI is InChI=1S/C29H35N3O5/c1-28(2,3)31-26(35)24-29-15-14-21(37-29)22(25(34)30-19-12-8-5-9-13-19)23(29)27(36)32(24)20(17-33)16-18-10-6-4-7-11-18/h4-13,20-24,33H,14-17H2,1-3H3,(H,30,34)(H,31,35)/t20-,21-,22+,23+,24?,29?/m1/s1. The number of carbonyl (C=O) groups is 3. The van der Waals surface area contributed by atoms with E-state index in [1.165, 1.54) is 4.90 Å². The summed E-state index contributed by atoms with van der Waals surface area (Å²) in [6.07, 6.45) is 1.04. The lowest BCUT2D eigenvalue weighted by atomic mass is 9.70. The minimum atomic E-state index is -1.11. The molecule has 6 atom stereocenters. The smallest absolute Gasteiger partial charge is 0.246 e. The molecule has 2 unspecified atom stereocenters. The van der Waals surface area contributed by atoms with Crippen molar-refractivity contribution in [2.24, 2.45) is 11.8 Å². The van der Waals surface area contributed by atoms with Crippen molar-refractivity contribution in [3.8, 4) is 0 Å². The first-order valence-electron chi connectivity index (χ1n) is 13.0. The number of ether oxygens (including phenoxy) is 1. The van der Waals surface area contributed by atoms with Crippen LogP contribution >= 0.6 is 0 Å². The first-order chi connectivity index (χ1) is 17.6. The quantitative estimate of drug-likeness (QED) is 0.536. The SMILES string of the molecule is CC(C)(C)NC(=O)C1N([C@@H](CO)Cc2ccccc2)C(=O)[C@@H]2[C@@H](C(=O)Nc3ccccc3)[C@H]3CCC12O3. The number of likely N-dealkylation sites (tertiary alicyclic amines) is 1. The topological polar surface area (TPSA) is 108 Å². The van der Waals surface area contributed by atoms with Crippen molar-refractivity contribution in [3.05, 3.63) is 66.2 Å². The number of fused-ring (bicyclic) bond motifs is 1. The highest BCUT2D eigenvalue weighted by molar-refractivity contribution is 6.02. The molecule has 0 radical (unpaired) electrons. The van der Waals surface area contributed by atoms with E-state index in [9.17, 15) is 19.5 Å². The minimum absolute atomic E-state index is 0.281. The molecule has 3 aliphatic rings. The summed E-state index contributed by atoms with van der Waals surface area (Å²) in [5.41, 5.74) is -0.0525. The fourth-order valence-corrected chi connectivity index (χ4v) is 6.41. The van der Waals surface area contributed by atoms with Crippen molar-refractivity contribution in [2.45, 2.75) is 69.4 Å². The van der Waals surface area contributed by atoms with Gasteiger partial charge in [0.15, 0.2) is 0 Å². The molecule has 3 heterocycles. The van der Waals surface area contributed by atoms with Crippen LogP contribution in [0.15, 0.2) is 60.7 Å². The van der Waals surface area contributed by atoms with Gasteiger partial charge >= 0.3 is 0 Å². The zero-order valence-corrected chi connectivity index (χ0v) is 21.5. The number of carbonyl (C=O) groups excluding carboxylic acids is 3. The number of nitrogens with zero attached hydrogens (tertiary/aromatic N) is 1. The van der Waals surface area contributed by atoms with E-state index in [0.717, 1.165) is 5.56 Å². The fourth-order valence-electron chi connectivity index (χ4n) is 6.41. The first-order valence-corrected chi connectivity index (χ1v) is 13.0. The molecule has 0 aliphatic carbocycles. The molecule has 3 aliphatic heterocycles. The van der Waals surface area contributed by atoms with Crippen molar-refractivity contribution in [2.75, 3.05) is 11.9 Å². The molecular formula is C29H35N3O5. The summed E-state index contributed by atoms with van der Waals surface area (Å²) in [5.74, 6) is -2.42. The molecule has 1 spiro atoms. The van der Waals surface area contributed by atoms with Gasteiger partial charge < -0.3 is 25.4 Å². The molecule has 2 bridgehead atoms. The van der Waals surface area contributed by atoms with E-state index in [-0.39, 0.29) is 24.3 Å². The molecule has 0 aromatic heterocycles. The minimum Gasteiger partial charge on any atom is -0.394 e. The van der Waals surface area contributed by atoms with Crippen LogP contribution in [-0.4, -0.2) is 63.7 Å². The molecule has 37 heavy (non-hydrogen) atoms. The maximum absolute atomic E-state index is 14.2. The van der Waals surface area contributed by atoms with Crippen LogP contribution in [0.1, 0.15) is 39.2 Å². The average Bonchev–Trinajstić information content (AvgIpc) is 3.50. The fraction of sp³-hybridized carbons (Fsp3) is 0.483. The molecule has 8 nitrogen and oxygen atoms in total. The zero-order chi connectivity index (χ0) is 26.4. The van der Waals surface area contributed by atoms with Crippen molar-refractivity contribution >= 4 is 23.4 Å². The Kier molecular flexibility index (Phi) is 6.58. The third-order valence-electron chi connectivity index (χ3n) is 7.75. The Bertz CT molecular complexity index is 1170. The van der Waals surface area contributed by atoms with Crippen molar-refractivity contribution in [1.82, 2.24) is 10.2 Å². The number of anilines is 1. The summed E-state index contributed by atoms with van der Waals surface area (Å²) >= 11 is 0. The maximum atomic E-state index is 14.2. The lowest BCUT2D eigenvalue weighted by molar-refractivity contribution is -0.145. The molecule has 3 amide bonds. The predicted molar refractivity (Wildman–Crippen MR) is 138 cm³/mol. The number of nitrogens with one attached hydrogen (secondary N) is 2. The van der Waals surface area contributed by atoms with Gasteiger partial charge in [0.05, 0.1) is 30.6 Å². The van der Waals surface area contributed by atoms with E-state index in [1.807, 2.05) is 69.3 Å². The molecule has 196 valence electrons. The lowest BCUT2D eigenvalue weighted by Crippen LogP contribution is -2.60. The highest BCUT2D eigenvalue weighted by atomic mass is 16.5. The summed E-state index contributed by atoms with van der Waals surface area (Å²) < 4.78 is 6.48. The second-order valence-electron chi connectivity index (χ2n) is 11.4. The van der Waals surface area contributed by atoms with Gasteiger partial charge in [0.25, 0.3) is 0 Å². The summed E-state index contributed by atoms with van der Waals surface area (Å²) in [5, 5.41) is 16.4. The van der Waals surface area contributed by atoms with Gasteiger partial charge in [-0.15, -0.1) is 0 Å². The van der Waals surface area contributed by atoms with Crippen LogP contribution in [0, 0.1) is 11.8 Å². The van der Waals surface area contributed by atoms with E-state index in [4.69, 9.17) is 4.74 Å². The molecule has 8 heteroatoms. The normalized spacial score (nSPS) is 29.2. The molecule has 3 N–H and O–H groups in total. The number of rotatable bonds is 7. The van der Waals surface area contributed by atoms with Crippen LogP contribution in [0.3, 0.4) is 0 Å². The molecule has 2 aromatic carbocycles. The lowest BCUT2D eigenvalue weighted by Gasteiger charge is -2.38. The molecular weight excluding hydrogens is 470 g/mol. The number of hydrogen-bond acceptors (Lipinski definition) is 5. The van der Waals surface area contributed by atoms with E-state index in [1.54, 1.807) is 12.1 Å². The van der Waals surface area contributed by atoms with Gasteiger partial charge in [-0.25, -0.2) is 0 Å². The summed E-state index contributed by atoms with van der Waals surface area (Å²) in [4.78, 5) is 43.0. The Morgan fingerprint density at radius 1 is 1.08 bits per heavy atom.